The summed E-state index contributed by atoms with van der Waals surface area (Å²) in [6, 6.07) is 13.5. The number of hydrogen-bond acceptors (Lipinski definition) is 3. The fraction of sp³-hybridized carbons (Fsp3) is 0.222. The maximum absolute atomic E-state index is 13.0. The molecule has 3 rings (SSSR count). The maximum atomic E-state index is 13.0. The Balaban J connectivity index is 1.91. The largest absolute Gasteiger partial charge is 0.395 e. The quantitative estimate of drug-likeness (QED) is 0.752. The molecule has 1 aromatic carbocycles. The molecule has 24 heavy (non-hydrogen) atoms. The predicted molar refractivity (Wildman–Crippen MR) is 90.8 cm³/mol. The molecule has 0 bridgehead atoms. The number of carbonyl (C=O) groups is 1. The van der Waals surface area contributed by atoms with Crippen molar-refractivity contribution in [1.82, 2.24) is 19.2 Å². The first kappa shape index (κ1) is 16.0. The third-order valence-corrected chi connectivity index (χ3v) is 3.86. The van der Waals surface area contributed by atoms with Crippen LogP contribution in [0.3, 0.4) is 0 Å². The maximum Gasteiger partial charge on any atom is 0.259 e. The molecule has 0 unspecified atom stereocenters. The van der Waals surface area contributed by atoms with Crippen LogP contribution >= 0.6 is 0 Å². The lowest BCUT2D eigenvalue weighted by molar-refractivity contribution is 0.0707. The smallest absolute Gasteiger partial charge is 0.259 e. The first-order chi connectivity index (χ1) is 11.7. The monoisotopic (exact) mass is 324 g/mol. The fourth-order valence-electron chi connectivity index (χ4n) is 2.71. The average molecular weight is 324 g/mol. The SMILES string of the molecule is Cn1ncc(C(=O)N(CCO)Cc2ccccc2)c1-n1cccc1. The zero-order valence-electron chi connectivity index (χ0n) is 13.5. The van der Waals surface area contributed by atoms with Gasteiger partial charge in [0.05, 0.1) is 12.8 Å². The Hall–Kier alpha value is -2.86. The summed E-state index contributed by atoms with van der Waals surface area (Å²) in [5.74, 6) is 0.561. The molecule has 1 N–H and O–H groups in total. The van der Waals surface area contributed by atoms with Crippen molar-refractivity contribution in [2.24, 2.45) is 7.05 Å². The molecule has 0 aliphatic rings. The van der Waals surface area contributed by atoms with Gasteiger partial charge in [-0.25, -0.2) is 0 Å². The van der Waals surface area contributed by atoms with E-state index >= 15 is 0 Å². The summed E-state index contributed by atoms with van der Waals surface area (Å²) < 4.78 is 3.53. The Morgan fingerprint density at radius 1 is 1.17 bits per heavy atom. The van der Waals surface area contributed by atoms with Gasteiger partial charge in [-0.3, -0.25) is 9.48 Å². The fourth-order valence-corrected chi connectivity index (χ4v) is 2.71. The standard InChI is InChI=1S/C18H20N4O2/c1-20-17(21-9-5-6-10-21)16(13-19-20)18(24)22(11-12-23)14-15-7-3-2-4-8-15/h2-10,13,23H,11-12,14H2,1H3. The van der Waals surface area contributed by atoms with Gasteiger partial charge in [-0.2, -0.15) is 5.10 Å². The Labute approximate surface area is 140 Å². The van der Waals surface area contributed by atoms with Gasteiger partial charge in [-0.1, -0.05) is 30.3 Å². The first-order valence-electron chi connectivity index (χ1n) is 7.80. The highest BCUT2D eigenvalue weighted by Gasteiger charge is 2.22. The van der Waals surface area contributed by atoms with E-state index in [-0.39, 0.29) is 19.1 Å². The van der Waals surface area contributed by atoms with E-state index in [2.05, 4.69) is 5.10 Å². The number of benzene rings is 1. The van der Waals surface area contributed by atoms with Gasteiger partial charge in [0.25, 0.3) is 5.91 Å². The molecular formula is C18H20N4O2. The molecule has 0 aliphatic carbocycles. The number of carbonyl (C=O) groups excluding carboxylic acids is 1. The molecule has 0 spiro atoms. The molecule has 3 aromatic rings. The lowest BCUT2D eigenvalue weighted by Gasteiger charge is -2.22. The van der Waals surface area contributed by atoms with Crippen LogP contribution < -0.4 is 0 Å². The highest BCUT2D eigenvalue weighted by atomic mass is 16.3. The molecule has 6 heteroatoms. The van der Waals surface area contributed by atoms with E-state index in [1.165, 1.54) is 0 Å². The van der Waals surface area contributed by atoms with Gasteiger partial charge in [-0.05, 0) is 17.7 Å². The molecule has 0 aliphatic heterocycles. The second kappa shape index (κ2) is 7.14. The highest BCUT2D eigenvalue weighted by Crippen LogP contribution is 2.17. The van der Waals surface area contributed by atoms with E-state index in [0.29, 0.717) is 17.9 Å². The number of rotatable bonds is 6. The predicted octanol–water partition coefficient (Wildman–Crippen LogP) is 1.85. The van der Waals surface area contributed by atoms with Crippen LogP contribution in [0.5, 0.6) is 0 Å². The molecular weight excluding hydrogens is 304 g/mol. The second-order valence-corrected chi connectivity index (χ2v) is 5.53. The van der Waals surface area contributed by atoms with Gasteiger partial charge < -0.3 is 14.6 Å². The van der Waals surface area contributed by atoms with Crippen LogP contribution in [0.1, 0.15) is 15.9 Å². The molecule has 2 heterocycles. The van der Waals surface area contributed by atoms with Crippen molar-refractivity contribution in [3.05, 3.63) is 72.2 Å². The van der Waals surface area contributed by atoms with E-state index in [0.717, 1.165) is 5.56 Å². The van der Waals surface area contributed by atoms with Crippen LogP contribution in [0.4, 0.5) is 0 Å². The topological polar surface area (TPSA) is 63.3 Å². The number of aromatic nitrogens is 3. The van der Waals surface area contributed by atoms with Gasteiger partial charge in [0.1, 0.15) is 11.4 Å². The molecule has 2 aromatic heterocycles. The van der Waals surface area contributed by atoms with Crippen molar-refractivity contribution in [1.29, 1.82) is 0 Å². The van der Waals surface area contributed by atoms with Crippen molar-refractivity contribution < 1.29 is 9.90 Å². The highest BCUT2D eigenvalue weighted by molar-refractivity contribution is 5.97. The molecule has 1 amide bonds. The first-order valence-corrected chi connectivity index (χ1v) is 7.80. The molecule has 124 valence electrons. The molecule has 0 fully saturated rings. The van der Waals surface area contributed by atoms with Crippen molar-refractivity contribution >= 4 is 5.91 Å². The molecule has 0 atom stereocenters. The van der Waals surface area contributed by atoms with Crippen LogP contribution in [0.25, 0.3) is 5.82 Å². The van der Waals surface area contributed by atoms with E-state index < -0.39 is 0 Å². The number of aryl methyl sites for hydroxylation is 1. The van der Waals surface area contributed by atoms with Gasteiger partial charge in [0.15, 0.2) is 0 Å². The zero-order valence-corrected chi connectivity index (χ0v) is 13.5. The van der Waals surface area contributed by atoms with Crippen LogP contribution in [-0.4, -0.2) is 43.4 Å². The van der Waals surface area contributed by atoms with E-state index in [9.17, 15) is 9.90 Å². The van der Waals surface area contributed by atoms with Crippen LogP contribution in [0.2, 0.25) is 0 Å². The Bertz CT molecular complexity index is 794. The summed E-state index contributed by atoms with van der Waals surface area (Å²) in [7, 11) is 1.81. The van der Waals surface area contributed by atoms with E-state index in [1.807, 2.05) is 59.4 Å². The summed E-state index contributed by atoms with van der Waals surface area (Å²) in [4.78, 5) is 14.7. The lowest BCUT2D eigenvalue weighted by atomic mass is 10.2. The number of aliphatic hydroxyl groups excluding tert-OH is 1. The summed E-state index contributed by atoms with van der Waals surface area (Å²) in [5.41, 5.74) is 1.53. The molecule has 0 radical (unpaired) electrons. The van der Waals surface area contributed by atoms with Gasteiger partial charge in [0, 0.05) is 32.5 Å². The average Bonchev–Trinajstić information content (AvgIpc) is 3.24. The summed E-state index contributed by atoms with van der Waals surface area (Å²) >= 11 is 0. The summed E-state index contributed by atoms with van der Waals surface area (Å²) in [5, 5.41) is 13.6. The van der Waals surface area contributed by atoms with Crippen molar-refractivity contribution in [2.45, 2.75) is 6.54 Å². The van der Waals surface area contributed by atoms with Crippen LogP contribution in [-0.2, 0) is 13.6 Å². The number of aliphatic hydroxyl groups is 1. The number of nitrogens with zero attached hydrogens (tertiary/aromatic N) is 4. The normalized spacial score (nSPS) is 10.8. The Morgan fingerprint density at radius 2 is 1.88 bits per heavy atom. The van der Waals surface area contributed by atoms with Gasteiger partial charge in [-0.15, -0.1) is 0 Å². The van der Waals surface area contributed by atoms with E-state index in [1.54, 1.807) is 22.8 Å². The summed E-state index contributed by atoms with van der Waals surface area (Å²) in [6.07, 6.45) is 5.33. The van der Waals surface area contributed by atoms with Crippen molar-refractivity contribution in [3.8, 4) is 5.82 Å². The lowest BCUT2D eigenvalue weighted by Crippen LogP contribution is -2.33. The number of hydrogen-bond donors (Lipinski definition) is 1. The van der Waals surface area contributed by atoms with E-state index in [4.69, 9.17) is 0 Å². The van der Waals surface area contributed by atoms with Crippen LogP contribution in [0, 0.1) is 0 Å². The van der Waals surface area contributed by atoms with Gasteiger partial charge >= 0.3 is 0 Å². The number of amides is 1. The third-order valence-electron chi connectivity index (χ3n) is 3.86. The van der Waals surface area contributed by atoms with Gasteiger partial charge in [0.2, 0.25) is 0 Å². The van der Waals surface area contributed by atoms with Crippen molar-refractivity contribution in [2.75, 3.05) is 13.2 Å². The minimum Gasteiger partial charge on any atom is -0.395 e. The Kier molecular flexibility index (Phi) is 4.77. The molecule has 0 saturated heterocycles. The van der Waals surface area contributed by atoms with Crippen molar-refractivity contribution in [3.63, 3.8) is 0 Å². The minimum absolute atomic E-state index is 0.0856. The minimum atomic E-state index is -0.148. The van der Waals surface area contributed by atoms with Crippen LogP contribution in [0.15, 0.2) is 61.1 Å². The third kappa shape index (κ3) is 3.23. The molecule has 6 nitrogen and oxygen atoms in total. The zero-order chi connectivity index (χ0) is 16.9. The Morgan fingerprint density at radius 3 is 2.54 bits per heavy atom. The second-order valence-electron chi connectivity index (χ2n) is 5.53. The summed E-state index contributed by atoms with van der Waals surface area (Å²) in [6.45, 7) is 0.631. The molecule has 0 saturated carbocycles.